The van der Waals surface area contributed by atoms with Gasteiger partial charge in [0.05, 0.1) is 0 Å². The van der Waals surface area contributed by atoms with Crippen molar-refractivity contribution in [2.75, 3.05) is 0 Å². The summed E-state index contributed by atoms with van der Waals surface area (Å²) < 4.78 is 0. The van der Waals surface area contributed by atoms with E-state index in [-0.39, 0.29) is 59.1 Å². The summed E-state index contributed by atoms with van der Waals surface area (Å²) in [5, 5.41) is 28.0. The zero-order valence-corrected chi connectivity index (χ0v) is 2.94. The zero-order chi connectivity index (χ0) is 5.58. The molecule has 0 aromatic rings. The topological polar surface area (TPSA) is 84.5 Å². The fourth-order valence-corrected chi connectivity index (χ4v) is 0. The van der Waals surface area contributed by atoms with Crippen LogP contribution in [0.2, 0.25) is 0 Å². The van der Waals surface area contributed by atoms with Gasteiger partial charge < -0.3 is 15.1 Å². The first-order chi connectivity index (χ1) is 2.73. The van der Waals surface area contributed by atoms with Gasteiger partial charge in [-0.2, -0.15) is 0 Å². The third kappa shape index (κ3) is 150. The number of nitriles is 1. The van der Waals surface area contributed by atoms with Gasteiger partial charge in [-0.3, -0.25) is 0 Å². The molecule has 0 bridgehead atoms. The molecule has 0 aliphatic carbocycles. The molecule has 0 radical (unpaired) electrons. The molecule has 0 heterocycles. The zero-order valence-electron chi connectivity index (χ0n) is 2.94. The van der Waals surface area contributed by atoms with Crippen LogP contribution in [0.5, 0.6) is 0 Å². The molecule has 4 nitrogen and oxygen atoms in total. The first-order valence-corrected chi connectivity index (χ1v) is 1.03. The van der Waals surface area contributed by atoms with E-state index in [1.165, 1.54) is 0 Å². The number of rotatable bonds is 0. The molecule has 0 amide bonds. The van der Waals surface area contributed by atoms with Gasteiger partial charge in [-0.1, -0.05) is 0 Å². The molecule has 0 aliphatic rings. The van der Waals surface area contributed by atoms with Crippen LogP contribution in [0, 0.1) is 11.8 Å². The average molecular weight is 137 g/mol. The molecule has 0 unspecified atom stereocenters. The summed E-state index contributed by atoms with van der Waals surface area (Å²) in [6.45, 7) is 3.50. The van der Waals surface area contributed by atoms with Crippen LogP contribution in [-0.4, -0.2) is 81.5 Å². The molecule has 7 heteroatoms. The predicted molar refractivity (Wildman–Crippen MR) is 33.4 cm³/mol. The summed E-state index contributed by atoms with van der Waals surface area (Å²) in [6.07, 6.45) is 0. The molecule has 0 saturated carbocycles. The van der Waals surface area contributed by atoms with E-state index in [2.05, 4.69) is 6.57 Å². The SMILES string of the molecule is C#N.OB(O)O.[NaH].[NaH]. The van der Waals surface area contributed by atoms with Gasteiger partial charge in [0.2, 0.25) is 0 Å². The van der Waals surface area contributed by atoms with E-state index >= 15 is 0 Å². The number of hydrogen-bond acceptors (Lipinski definition) is 4. The minimum atomic E-state index is -2.17. The van der Waals surface area contributed by atoms with Crippen molar-refractivity contribution in [3.63, 3.8) is 0 Å². The third-order valence-corrected chi connectivity index (χ3v) is 0. The minimum absolute atomic E-state index is 0. The maximum atomic E-state index is 7.17. The van der Waals surface area contributed by atoms with Gasteiger partial charge in [0, 0.05) is 6.57 Å². The Balaban J connectivity index is -0.0000000183. The molecule has 3 N–H and O–H groups in total. The molecule has 0 aromatic heterocycles. The van der Waals surface area contributed by atoms with Gasteiger partial charge in [0.15, 0.2) is 0 Å². The van der Waals surface area contributed by atoms with Crippen LogP contribution in [0.3, 0.4) is 0 Å². The summed E-state index contributed by atoms with van der Waals surface area (Å²) in [6, 6.07) is 0. The Hall–Kier alpha value is 1.43. The summed E-state index contributed by atoms with van der Waals surface area (Å²) in [5.41, 5.74) is 0. The van der Waals surface area contributed by atoms with Crippen molar-refractivity contribution >= 4 is 66.4 Å². The Morgan fingerprint density at radius 3 is 1.00 bits per heavy atom. The molecule has 0 rings (SSSR count). The van der Waals surface area contributed by atoms with Crippen molar-refractivity contribution in [1.82, 2.24) is 0 Å². The van der Waals surface area contributed by atoms with Gasteiger partial charge >= 0.3 is 66.4 Å². The molecule has 38 valence electrons. The summed E-state index contributed by atoms with van der Waals surface area (Å²) in [5.74, 6) is 0. The van der Waals surface area contributed by atoms with Crippen LogP contribution in [0.4, 0.5) is 0 Å². The van der Waals surface area contributed by atoms with Gasteiger partial charge in [-0.05, 0) is 0 Å². The van der Waals surface area contributed by atoms with E-state index in [0.717, 1.165) is 0 Å². The van der Waals surface area contributed by atoms with Crippen LogP contribution in [-0.2, 0) is 0 Å². The van der Waals surface area contributed by atoms with Crippen LogP contribution in [0.25, 0.3) is 0 Å². The fourth-order valence-electron chi connectivity index (χ4n) is 0. The maximum absolute atomic E-state index is 7.17. The van der Waals surface area contributed by atoms with Crippen molar-refractivity contribution in [3.05, 3.63) is 0 Å². The second-order valence-electron chi connectivity index (χ2n) is 0.346. The second kappa shape index (κ2) is 23.7. The number of hydrogen-bond donors (Lipinski definition) is 3. The molecule has 0 atom stereocenters. The van der Waals surface area contributed by atoms with Gasteiger partial charge in [-0.25, -0.2) is 5.26 Å². The van der Waals surface area contributed by atoms with Gasteiger partial charge in [-0.15, -0.1) is 0 Å². The Labute approximate surface area is 92.3 Å². The number of nitrogens with zero attached hydrogens (tertiary/aromatic N) is 1. The second-order valence-corrected chi connectivity index (χ2v) is 0.346. The van der Waals surface area contributed by atoms with E-state index in [1.807, 2.05) is 0 Å². The molecule has 0 saturated heterocycles. The Bertz CT molecular complexity index is 38.8. The average Bonchev–Trinajstić information content (AvgIpc) is 1.41. The first kappa shape index (κ1) is 22.7. The van der Waals surface area contributed by atoms with E-state index in [1.54, 1.807) is 0 Å². The summed E-state index contributed by atoms with van der Waals surface area (Å²) in [4.78, 5) is 0. The normalized spacial score (nSPS) is 3.62. The van der Waals surface area contributed by atoms with Gasteiger partial charge in [0.25, 0.3) is 0 Å². The van der Waals surface area contributed by atoms with Crippen molar-refractivity contribution in [3.8, 4) is 6.57 Å². The van der Waals surface area contributed by atoms with Crippen molar-refractivity contribution in [2.24, 2.45) is 0 Å². The Kier molecular flexibility index (Phi) is 67.3. The molecule has 0 aliphatic heterocycles. The van der Waals surface area contributed by atoms with Crippen molar-refractivity contribution in [1.29, 1.82) is 5.26 Å². The van der Waals surface area contributed by atoms with E-state index < -0.39 is 7.32 Å². The van der Waals surface area contributed by atoms with Crippen LogP contribution >= 0.6 is 0 Å². The molecule has 0 aromatic carbocycles. The van der Waals surface area contributed by atoms with E-state index in [4.69, 9.17) is 20.3 Å². The Morgan fingerprint density at radius 1 is 1.00 bits per heavy atom. The molecule has 0 spiro atoms. The monoisotopic (exact) mass is 137 g/mol. The summed E-state index contributed by atoms with van der Waals surface area (Å²) in [7, 11) is -2.17. The fraction of sp³-hybridized carbons (Fsp3) is 0. The first-order valence-electron chi connectivity index (χ1n) is 1.03. The van der Waals surface area contributed by atoms with Crippen LogP contribution < -0.4 is 0 Å². The Morgan fingerprint density at radius 2 is 1.00 bits per heavy atom. The third-order valence-electron chi connectivity index (χ3n) is 0. The van der Waals surface area contributed by atoms with E-state index in [9.17, 15) is 0 Å². The van der Waals surface area contributed by atoms with Crippen molar-refractivity contribution in [2.45, 2.75) is 0 Å². The molecule has 8 heavy (non-hydrogen) atoms. The van der Waals surface area contributed by atoms with Crippen LogP contribution in [0.15, 0.2) is 0 Å². The standard InChI is InChI=1S/CHN.BH3O3.2Na.2H/c1-2;2-1(3)4;;;;/h1H;2-4H;;;;. The predicted octanol–water partition coefficient (Wildman–Crippen LogP) is -3.21. The van der Waals surface area contributed by atoms with E-state index in [0.29, 0.717) is 0 Å². The molecular weight excluding hydrogens is 131 g/mol. The quantitative estimate of drug-likeness (QED) is 0.307. The van der Waals surface area contributed by atoms with Gasteiger partial charge in [0.1, 0.15) is 0 Å². The summed E-state index contributed by atoms with van der Waals surface area (Å²) >= 11 is 0. The molecule has 0 fully saturated rings. The molecular formula is CH6BNNa2O3. The van der Waals surface area contributed by atoms with Crippen molar-refractivity contribution < 1.29 is 15.1 Å². The van der Waals surface area contributed by atoms with Crippen LogP contribution in [0.1, 0.15) is 0 Å².